The number of carbonyl (C=O) groups is 1. The molecule has 6 nitrogen and oxygen atoms in total. The first-order valence-corrected chi connectivity index (χ1v) is 8.39. The van der Waals surface area contributed by atoms with Crippen molar-refractivity contribution in [3.63, 3.8) is 0 Å². The minimum absolute atomic E-state index is 0.0745. The Morgan fingerprint density at radius 3 is 2.36 bits per heavy atom. The molecule has 0 aliphatic heterocycles. The van der Waals surface area contributed by atoms with Gasteiger partial charge in [0.05, 0.1) is 0 Å². The Balaban J connectivity index is 2.20. The summed E-state index contributed by atoms with van der Waals surface area (Å²) in [4.78, 5) is 11.0. The van der Waals surface area contributed by atoms with Crippen LogP contribution in [0.1, 0.15) is 24.8 Å². The molecule has 1 fully saturated rings. The average Bonchev–Trinajstić information content (AvgIpc) is 2.38. The first-order valence-electron chi connectivity index (χ1n) is 7.00. The van der Waals surface area contributed by atoms with Crippen molar-refractivity contribution in [2.75, 3.05) is 13.6 Å². The molecular weight excluding hydrogens is 311 g/mol. The predicted molar refractivity (Wildman–Crippen MR) is 78.8 cm³/mol. The fraction of sp³-hybridized carbons (Fsp3) is 0.500. The third kappa shape index (κ3) is 3.82. The molecule has 122 valence electrons. The highest BCUT2D eigenvalue weighted by Crippen LogP contribution is 2.27. The number of nitrogens with zero attached hydrogens (tertiary/aromatic N) is 2. The molecule has 0 spiro atoms. The molecule has 0 bridgehead atoms. The zero-order chi connectivity index (χ0) is 16.3. The van der Waals surface area contributed by atoms with Gasteiger partial charge in [0.2, 0.25) is 0 Å². The normalized spacial score (nSPS) is 16.0. The summed E-state index contributed by atoms with van der Waals surface area (Å²) in [5, 5.41) is 8.98. The molecule has 22 heavy (non-hydrogen) atoms. The SMILES string of the molecule is CN(C1CCC1)S(=O)(=O)N(CC(=O)O)Cc1ccc(F)cc1. The number of halogens is 1. The molecule has 8 heteroatoms. The zero-order valence-corrected chi connectivity index (χ0v) is 13.1. The van der Waals surface area contributed by atoms with Crippen LogP contribution in [0.2, 0.25) is 0 Å². The van der Waals surface area contributed by atoms with E-state index in [2.05, 4.69) is 0 Å². The van der Waals surface area contributed by atoms with Gasteiger partial charge in [0, 0.05) is 19.6 Å². The van der Waals surface area contributed by atoms with Crippen LogP contribution in [-0.2, 0) is 21.5 Å². The van der Waals surface area contributed by atoms with Gasteiger partial charge in [0.25, 0.3) is 10.2 Å². The van der Waals surface area contributed by atoms with Crippen molar-refractivity contribution in [2.24, 2.45) is 0 Å². The van der Waals surface area contributed by atoms with E-state index < -0.39 is 28.5 Å². The minimum atomic E-state index is -3.87. The average molecular weight is 330 g/mol. The summed E-state index contributed by atoms with van der Waals surface area (Å²) in [5.41, 5.74) is 0.535. The van der Waals surface area contributed by atoms with Gasteiger partial charge < -0.3 is 5.11 Å². The number of hydrogen-bond donors (Lipinski definition) is 1. The third-order valence-corrected chi connectivity index (χ3v) is 5.80. The Morgan fingerprint density at radius 1 is 1.32 bits per heavy atom. The van der Waals surface area contributed by atoms with Crippen LogP contribution in [0.3, 0.4) is 0 Å². The summed E-state index contributed by atoms with van der Waals surface area (Å²) >= 11 is 0. The Bertz CT molecular complexity index is 629. The largest absolute Gasteiger partial charge is 0.480 e. The quantitative estimate of drug-likeness (QED) is 0.821. The highest BCUT2D eigenvalue weighted by molar-refractivity contribution is 7.86. The molecule has 1 saturated carbocycles. The van der Waals surface area contributed by atoms with Crippen LogP contribution in [-0.4, -0.2) is 47.7 Å². The van der Waals surface area contributed by atoms with E-state index in [0.29, 0.717) is 5.56 Å². The molecule has 2 rings (SSSR count). The van der Waals surface area contributed by atoms with E-state index in [1.807, 2.05) is 0 Å². The Morgan fingerprint density at radius 2 is 1.91 bits per heavy atom. The van der Waals surface area contributed by atoms with E-state index in [1.165, 1.54) is 35.6 Å². The Kier molecular flexibility index (Phi) is 5.15. The highest BCUT2D eigenvalue weighted by Gasteiger charge is 2.35. The van der Waals surface area contributed by atoms with Crippen LogP contribution < -0.4 is 0 Å². The summed E-state index contributed by atoms with van der Waals surface area (Å²) in [7, 11) is -2.40. The van der Waals surface area contributed by atoms with Gasteiger partial charge in [-0.2, -0.15) is 17.0 Å². The van der Waals surface area contributed by atoms with E-state index >= 15 is 0 Å². The van der Waals surface area contributed by atoms with E-state index in [-0.39, 0.29) is 12.6 Å². The van der Waals surface area contributed by atoms with Gasteiger partial charge in [-0.1, -0.05) is 18.6 Å². The number of aliphatic carboxylic acids is 1. The van der Waals surface area contributed by atoms with Crippen LogP contribution in [0.15, 0.2) is 24.3 Å². The smallest absolute Gasteiger partial charge is 0.318 e. The second-order valence-electron chi connectivity index (χ2n) is 5.40. The van der Waals surface area contributed by atoms with Crippen LogP contribution in [0.25, 0.3) is 0 Å². The molecule has 0 aromatic heterocycles. The van der Waals surface area contributed by atoms with Gasteiger partial charge in [-0.15, -0.1) is 0 Å². The Hall–Kier alpha value is -1.51. The van der Waals surface area contributed by atoms with Crippen LogP contribution >= 0.6 is 0 Å². The van der Waals surface area contributed by atoms with E-state index in [1.54, 1.807) is 0 Å². The van der Waals surface area contributed by atoms with Crippen molar-refractivity contribution < 1.29 is 22.7 Å². The monoisotopic (exact) mass is 330 g/mol. The molecule has 1 aromatic carbocycles. The summed E-state index contributed by atoms with van der Waals surface area (Å²) in [6.07, 6.45) is 2.54. The molecule has 1 aromatic rings. The molecule has 0 atom stereocenters. The van der Waals surface area contributed by atoms with Crippen molar-refractivity contribution in [1.29, 1.82) is 0 Å². The maximum absolute atomic E-state index is 12.9. The van der Waals surface area contributed by atoms with Crippen molar-refractivity contribution in [3.05, 3.63) is 35.6 Å². The first kappa shape index (κ1) is 16.9. The standard InChI is InChI=1S/C14H19FN2O4S/c1-16(13-3-2-4-13)22(20,21)17(10-14(18)19)9-11-5-7-12(15)8-6-11/h5-8,13H,2-4,9-10H2,1H3,(H,18,19). The molecule has 0 saturated heterocycles. The molecular formula is C14H19FN2O4S. The molecule has 0 radical (unpaired) electrons. The van der Waals surface area contributed by atoms with Gasteiger partial charge in [-0.3, -0.25) is 4.79 Å². The number of carboxylic acid groups (broad SMARTS) is 1. The van der Waals surface area contributed by atoms with Crippen LogP contribution in [0, 0.1) is 5.82 Å². The fourth-order valence-electron chi connectivity index (χ4n) is 2.28. The van der Waals surface area contributed by atoms with Crippen molar-refractivity contribution in [3.8, 4) is 0 Å². The lowest BCUT2D eigenvalue weighted by molar-refractivity contribution is -0.137. The molecule has 0 amide bonds. The number of rotatable bonds is 7. The maximum Gasteiger partial charge on any atom is 0.318 e. The van der Waals surface area contributed by atoms with Crippen molar-refractivity contribution in [1.82, 2.24) is 8.61 Å². The Labute approximate surface area is 129 Å². The van der Waals surface area contributed by atoms with Crippen LogP contribution in [0.4, 0.5) is 4.39 Å². The summed E-state index contributed by atoms with van der Waals surface area (Å²) in [6.45, 7) is -0.733. The van der Waals surface area contributed by atoms with Gasteiger partial charge in [-0.25, -0.2) is 4.39 Å². The molecule has 1 aliphatic carbocycles. The van der Waals surface area contributed by atoms with E-state index in [4.69, 9.17) is 5.11 Å². The van der Waals surface area contributed by atoms with Gasteiger partial charge >= 0.3 is 5.97 Å². The maximum atomic E-state index is 12.9. The number of carboxylic acids is 1. The fourth-order valence-corrected chi connectivity index (χ4v) is 3.82. The van der Waals surface area contributed by atoms with Crippen LogP contribution in [0.5, 0.6) is 0 Å². The minimum Gasteiger partial charge on any atom is -0.480 e. The molecule has 1 aliphatic rings. The predicted octanol–water partition coefficient (Wildman–Crippen LogP) is 1.44. The second kappa shape index (κ2) is 6.72. The summed E-state index contributed by atoms with van der Waals surface area (Å²) in [5.74, 6) is -1.66. The number of hydrogen-bond acceptors (Lipinski definition) is 3. The third-order valence-electron chi connectivity index (χ3n) is 3.86. The highest BCUT2D eigenvalue weighted by atomic mass is 32.2. The lowest BCUT2D eigenvalue weighted by atomic mass is 9.94. The van der Waals surface area contributed by atoms with E-state index in [0.717, 1.165) is 23.6 Å². The lowest BCUT2D eigenvalue weighted by Crippen LogP contribution is -2.49. The zero-order valence-electron chi connectivity index (χ0n) is 12.3. The van der Waals surface area contributed by atoms with Gasteiger partial charge in [-0.05, 0) is 30.5 Å². The molecule has 0 unspecified atom stereocenters. The second-order valence-corrected chi connectivity index (χ2v) is 7.39. The summed E-state index contributed by atoms with van der Waals surface area (Å²) < 4.78 is 40.2. The van der Waals surface area contributed by atoms with Crippen molar-refractivity contribution in [2.45, 2.75) is 31.8 Å². The topological polar surface area (TPSA) is 77.9 Å². The lowest BCUT2D eigenvalue weighted by Gasteiger charge is -2.36. The first-order chi connectivity index (χ1) is 10.3. The van der Waals surface area contributed by atoms with E-state index in [9.17, 15) is 17.6 Å². The van der Waals surface area contributed by atoms with Crippen molar-refractivity contribution >= 4 is 16.2 Å². The van der Waals surface area contributed by atoms with Gasteiger partial charge in [0.15, 0.2) is 0 Å². The number of benzene rings is 1. The molecule has 1 N–H and O–H groups in total. The molecule has 0 heterocycles. The summed E-state index contributed by atoms with van der Waals surface area (Å²) in [6, 6.07) is 5.26. The van der Waals surface area contributed by atoms with Gasteiger partial charge in [0.1, 0.15) is 12.4 Å².